The third kappa shape index (κ3) is 9.83. The number of methoxy groups -OCH3 is 2. The SMILES string of the molecule is COc1ccc(C(OC[C@H]2O[C@@H](n3cc(C)c(=O)[nH]c3=O)C[C@@H]2OP(=O)(F)OC[C@H]2O[C@@H](n3cc(C)c(=O)[nH]c3=O)C[C@@H]2OC(C)=O)(c2ccccc2)c2ccc(OC)cc2)cc1. The quantitative estimate of drug-likeness (QED) is 0.0779. The van der Waals surface area contributed by atoms with Gasteiger partial charge >= 0.3 is 25.3 Å². The van der Waals surface area contributed by atoms with Crippen LogP contribution in [0.25, 0.3) is 0 Å². The van der Waals surface area contributed by atoms with Crippen molar-refractivity contribution < 1.29 is 51.0 Å². The van der Waals surface area contributed by atoms with Crippen LogP contribution in [0.5, 0.6) is 11.5 Å². The lowest BCUT2D eigenvalue weighted by Crippen LogP contribution is -2.38. The van der Waals surface area contributed by atoms with E-state index < -0.39 is 85.5 Å². The molecule has 20 heteroatoms. The van der Waals surface area contributed by atoms with Crippen molar-refractivity contribution in [2.24, 2.45) is 0 Å². The summed E-state index contributed by atoms with van der Waals surface area (Å²) in [5.41, 5.74) is -1.79. The Kier molecular flexibility index (Phi) is 13.5. The molecule has 18 nitrogen and oxygen atoms in total. The van der Waals surface area contributed by atoms with Gasteiger partial charge in [0.15, 0.2) is 0 Å². The number of aryl methyl sites for hydroxylation is 2. The van der Waals surface area contributed by atoms with Crippen LogP contribution in [-0.4, -0.2) is 76.9 Å². The van der Waals surface area contributed by atoms with Crippen molar-refractivity contribution in [3.05, 3.63) is 161 Å². The highest BCUT2D eigenvalue weighted by atomic mass is 31.2. The fraction of sp³-hybridized carbons (Fsp3) is 0.372. The summed E-state index contributed by atoms with van der Waals surface area (Å²) in [6.45, 7) is 3.01. The summed E-state index contributed by atoms with van der Waals surface area (Å²) in [7, 11) is -2.47. The van der Waals surface area contributed by atoms with Crippen LogP contribution in [-0.2, 0) is 43.0 Å². The molecule has 0 bridgehead atoms. The average molecular weight is 893 g/mol. The van der Waals surface area contributed by atoms with Crippen molar-refractivity contribution in [2.45, 2.75) is 76.1 Å². The fourth-order valence-electron chi connectivity index (χ4n) is 7.73. The van der Waals surface area contributed by atoms with E-state index in [1.165, 1.54) is 26.2 Å². The predicted molar refractivity (Wildman–Crippen MR) is 223 cm³/mol. The van der Waals surface area contributed by atoms with E-state index in [0.717, 1.165) is 16.1 Å². The molecule has 0 radical (unpaired) electrons. The Morgan fingerprint density at radius 1 is 0.730 bits per heavy atom. The van der Waals surface area contributed by atoms with Gasteiger partial charge in [-0.3, -0.25) is 42.5 Å². The highest BCUT2D eigenvalue weighted by molar-refractivity contribution is 7.48. The first-order chi connectivity index (χ1) is 30.1. The largest absolute Gasteiger partial charge is 0.513 e. The summed E-state index contributed by atoms with van der Waals surface area (Å²) >= 11 is 0. The van der Waals surface area contributed by atoms with Gasteiger partial charge in [-0.25, -0.2) is 14.2 Å². The van der Waals surface area contributed by atoms with Crippen LogP contribution in [0.3, 0.4) is 0 Å². The molecule has 63 heavy (non-hydrogen) atoms. The number of benzene rings is 3. The Morgan fingerprint density at radius 3 is 1.67 bits per heavy atom. The maximum Gasteiger partial charge on any atom is 0.513 e. The van der Waals surface area contributed by atoms with E-state index in [2.05, 4.69) is 9.97 Å². The van der Waals surface area contributed by atoms with Gasteiger partial charge in [0.05, 0.1) is 27.4 Å². The molecular formula is C43H46FN4O14P. The smallest absolute Gasteiger partial charge is 0.497 e. The van der Waals surface area contributed by atoms with Crippen molar-refractivity contribution in [3.63, 3.8) is 0 Å². The zero-order valence-corrected chi connectivity index (χ0v) is 35.8. The number of halogens is 1. The fourth-order valence-corrected chi connectivity index (χ4v) is 8.66. The van der Waals surface area contributed by atoms with Gasteiger partial charge in [0, 0.05) is 43.3 Å². The number of rotatable bonds is 16. The molecular weight excluding hydrogens is 846 g/mol. The van der Waals surface area contributed by atoms with Gasteiger partial charge in [-0.2, -0.15) is 0 Å². The van der Waals surface area contributed by atoms with E-state index in [9.17, 15) is 28.5 Å². The third-order valence-electron chi connectivity index (χ3n) is 10.9. The second-order valence-electron chi connectivity index (χ2n) is 15.0. The molecule has 5 aromatic rings. The van der Waals surface area contributed by atoms with Crippen molar-refractivity contribution in [1.29, 1.82) is 0 Å². The van der Waals surface area contributed by atoms with Crippen molar-refractivity contribution in [2.75, 3.05) is 27.4 Å². The molecule has 2 aliphatic rings. The Morgan fingerprint density at radius 2 is 1.19 bits per heavy atom. The normalized spacial score (nSPS) is 22.1. The van der Waals surface area contributed by atoms with Gasteiger partial charge in [0.25, 0.3) is 11.1 Å². The average Bonchev–Trinajstić information content (AvgIpc) is 3.86. The van der Waals surface area contributed by atoms with Gasteiger partial charge in [-0.05, 0) is 54.8 Å². The lowest BCUT2D eigenvalue weighted by molar-refractivity contribution is -0.150. The Balaban J connectivity index is 1.20. The van der Waals surface area contributed by atoms with E-state index in [1.54, 1.807) is 38.5 Å². The van der Waals surface area contributed by atoms with Gasteiger partial charge in [-0.15, -0.1) is 4.20 Å². The monoisotopic (exact) mass is 892 g/mol. The highest BCUT2D eigenvalue weighted by Gasteiger charge is 2.47. The molecule has 7 rings (SSSR count). The van der Waals surface area contributed by atoms with Crippen molar-refractivity contribution in [3.8, 4) is 11.5 Å². The summed E-state index contributed by atoms with van der Waals surface area (Å²) in [4.78, 5) is 66.4. The Labute approximate surface area is 359 Å². The van der Waals surface area contributed by atoms with Crippen LogP contribution in [0.4, 0.5) is 4.20 Å². The second kappa shape index (κ2) is 18.8. The minimum atomic E-state index is -5.56. The van der Waals surface area contributed by atoms with Crippen LogP contribution >= 0.6 is 7.91 Å². The van der Waals surface area contributed by atoms with Crippen LogP contribution < -0.4 is 32.0 Å². The van der Waals surface area contributed by atoms with Crippen LogP contribution in [0.15, 0.2) is 110 Å². The summed E-state index contributed by atoms with van der Waals surface area (Å²) < 4.78 is 78.6. The number of hydrogen-bond donors (Lipinski definition) is 2. The lowest BCUT2D eigenvalue weighted by atomic mass is 9.80. The van der Waals surface area contributed by atoms with E-state index >= 15 is 4.20 Å². The molecule has 0 saturated carbocycles. The maximum absolute atomic E-state index is 16.3. The summed E-state index contributed by atoms with van der Waals surface area (Å²) in [5, 5.41) is 0. The molecule has 7 atom stereocenters. The van der Waals surface area contributed by atoms with Crippen LogP contribution in [0.2, 0.25) is 0 Å². The van der Waals surface area contributed by atoms with Gasteiger partial charge < -0.3 is 28.4 Å². The molecule has 0 aliphatic carbocycles. The molecule has 2 aromatic heterocycles. The topological polar surface area (TPSA) is 218 Å². The molecule has 1 unspecified atom stereocenters. The van der Waals surface area contributed by atoms with Gasteiger partial charge in [0.1, 0.15) is 54.0 Å². The van der Waals surface area contributed by atoms with E-state index in [4.69, 9.17) is 37.5 Å². The van der Waals surface area contributed by atoms with Crippen LogP contribution in [0.1, 0.15) is 60.0 Å². The number of aromatic nitrogens is 4. The Hall–Kier alpha value is -5.95. The number of hydrogen-bond acceptors (Lipinski definition) is 14. The molecule has 0 amide bonds. The van der Waals surface area contributed by atoms with Crippen LogP contribution in [0, 0.1) is 13.8 Å². The first-order valence-electron chi connectivity index (χ1n) is 19.8. The minimum absolute atomic E-state index is 0.0904. The first-order valence-corrected chi connectivity index (χ1v) is 21.3. The van der Waals surface area contributed by atoms with Gasteiger partial charge in [-0.1, -0.05) is 54.6 Å². The number of carbonyl (C=O) groups is 1. The zero-order chi connectivity index (χ0) is 45.1. The molecule has 2 aliphatic heterocycles. The number of nitrogens with one attached hydrogen (secondary N) is 2. The number of H-pyrrole nitrogens is 2. The molecule has 3 aromatic carbocycles. The molecule has 2 saturated heterocycles. The predicted octanol–water partition coefficient (Wildman–Crippen LogP) is 4.72. The number of ether oxygens (including phenoxy) is 6. The molecule has 4 heterocycles. The van der Waals surface area contributed by atoms with E-state index in [0.29, 0.717) is 28.2 Å². The highest BCUT2D eigenvalue weighted by Crippen LogP contribution is 2.54. The number of nitrogens with zero attached hydrogens (tertiary/aromatic N) is 2. The number of esters is 1. The lowest BCUT2D eigenvalue weighted by Gasteiger charge is -2.37. The standard InChI is InChI=1S/C43H46FN4O14P/c1-25-21-47(41(52)45-39(25)50)37-19-33(59-27(3)49)36(61-37)24-58-63(44,54)62-34-20-38(48-22-26(2)40(51)46-42(48)53)60-35(34)23-57-43(28-9-7-6-8-10-28,29-11-15-31(55-4)16-12-29)30-13-17-32(56-5)18-14-30/h6-18,21-22,33-38H,19-20,23-24H2,1-5H3,(H,45,50,52)(H,46,51,53)/t33-,34-,35+,36+,37+,38+,63?/m0/s1. The zero-order valence-electron chi connectivity index (χ0n) is 34.9. The van der Waals surface area contributed by atoms with Crippen molar-refractivity contribution >= 4 is 13.9 Å². The van der Waals surface area contributed by atoms with E-state index in [1.807, 2.05) is 54.6 Å². The summed E-state index contributed by atoms with van der Waals surface area (Å²) in [5.74, 6) is 0.466. The molecule has 2 fully saturated rings. The molecule has 2 N–H and O–H groups in total. The maximum atomic E-state index is 16.3. The number of aromatic amines is 2. The summed E-state index contributed by atoms with van der Waals surface area (Å²) in [6.07, 6.45) is -4.95. The first kappa shape index (κ1) is 45.1. The molecule has 0 spiro atoms. The number of carbonyl (C=O) groups excluding carboxylic acids is 1. The van der Waals surface area contributed by atoms with Gasteiger partial charge in [0.2, 0.25) is 0 Å². The van der Waals surface area contributed by atoms with E-state index in [-0.39, 0.29) is 30.6 Å². The second-order valence-corrected chi connectivity index (χ2v) is 16.4. The minimum Gasteiger partial charge on any atom is -0.497 e. The third-order valence-corrected chi connectivity index (χ3v) is 11.9. The van der Waals surface area contributed by atoms with Crippen molar-refractivity contribution in [1.82, 2.24) is 19.1 Å². The molecule has 334 valence electrons. The Bertz CT molecular complexity index is 2660. The summed E-state index contributed by atoms with van der Waals surface area (Å²) in [6, 6.07) is 23.7.